The van der Waals surface area contributed by atoms with Gasteiger partial charge in [0.05, 0.1) is 0 Å². The number of rotatable bonds is 2. The van der Waals surface area contributed by atoms with Crippen molar-refractivity contribution in [3.63, 3.8) is 0 Å². The van der Waals surface area contributed by atoms with Gasteiger partial charge in [0.15, 0.2) is 0 Å². The second kappa shape index (κ2) is 11.3. The molecule has 1 nitrogen and oxygen atoms in total. The van der Waals surface area contributed by atoms with Crippen molar-refractivity contribution in [2.45, 2.75) is 34.6 Å². The van der Waals surface area contributed by atoms with Gasteiger partial charge in [-0.25, -0.2) is 0 Å². The Morgan fingerprint density at radius 3 is 1.93 bits per heavy atom. The molecule has 0 aromatic heterocycles. The molecule has 1 aliphatic heterocycles. The Labute approximate surface area is 96.2 Å². The van der Waals surface area contributed by atoms with E-state index in [2.05, 4.69) is 30.7 Å². The molecule has 15 heavy (non-hydrogen) atoms. The lowest BCUT2D eigenvalue weighted by atomic mass is 10.1. The molecular formula is C14H27N. The van der Waals surface area contributed by atoms with E-state index in [1.165, 1.54) is 11.1 Å². The minimum Gasteiger partial charge on any atom is -0.298 e. The van der Waals surface area contributed by atoms with Crippen molar-refractivity contribution in [2.24, 2.45) is 0 Å². The van der Waals surface area contributed by atoms with Crippen LogP contribution in [-0.4, -0.2) is 25.0 Å². The van der Waals surface area contributed by atoms with Crippen molar-refractivity contribution in [1.82, 2.24) is 4.90 Å². The van der Waals surface area contributed by atoms with E-state index in [0.717, 1.165) is 13.1 Å². The zero-order valence-corrected chi connectivity index (χ0v) is 11.3. The molecule has 0 aromatic carbocycles. The standard InChI is InChI=1S/C10H15N.2C2H6/c1-4-6-10-8-11(3)7-9(10)5-2;2*1-2/h4-6H,2,7-8H2,1,3H3;2*1-2H3/b6-4-;;. The highest BCUT2D eigenvalue weighted by molar-refractivity contribution is 5.37. The summed E-state index contributed by atoms with van der Waals surface area (Å²) in [4.78, 5) is 2.28. The number of hydrogen-bond acceptors (Lipinski definition) is 1. The van der Waals surface area contributed by atoms with Gasteiger partial charge in [0.25, 0.3) is 0 Å². The van der Waals surface area contributed by atoms with Crippen molar-refractivity contribution in [3.8, 4) is 0 Å². The topological polar surface area (TPSA) is 3.24 Å². The molecule has 0 bridgehead atoms. The van der Waals surface area contributed by atoms with Crippen molar-refractivity contribution in [2.75, 3.05) is 20.1 Å². The summed E-state index contributed by atoms with van der Waals surface area (Å²) >= 11 is 0. The normalized spacial score (nSPS) is 15.6. The molecule has 0 unspecified atom stereocenters. The van der Waals surface area contributed by atoms with Crippen LogP contribution in [0.2, 0.25) is 0 Å². The lowest BCUT2D eigenvalue weighted by Crippen LogP contribution is -2.14. The second-order valence-corrected chi connectivity index (χ2v) is 2.93. The Morgan fingerprint density at radius 1 is 1.07 bits per heavy atom. The van der Waals surface area contributed by atoms with Crippen LogP contribution >= 0.6 is 0 Å². The molecule has 1 rings (SSSR count). The average Bonchev–Trinajstić information content (AvgIpc) is 2.65. The third kappa shape index (κ3) is 6.29. The highest BCUT2D eigenvalue weighted by atomic mass is 15.1. The summed E-state index contributed by atoms with van der Waals surface area (Å²) in [6.45, 7) is 15.9. The molecule has 0 aromatic rings. The molecule has 0 aliphatic carbocycles. The summed E-state index contributed by atoms with van der Waals surface area (Å²) in [6.07, 6.45) is 6.21. The van der Waals surface area contributed by atoms with Gasteiger partial charge >= 0.3 is 0 Å². The van der Waals surface area contributed by atoms with E-state index in [1.807, 2.05) is 40.7 Å². The first-order valence-corrected chi connectivity index (χ1v) is 5.93. The predicted octanol–water partition coefficient (Wildman–Crippen LogP) is 4.04. The number of hydrogen-bond donors (Lipinski definition) is 0. The van der Waals surface area contributed by atoms with E-state index in [9.17, 15) is 0 Å². The van der Waals surface area contributed by atoms with Crippen molar-refractivity contribution in [1.29, 1.82) is 0 Å². The van der Waals surface area contributed by atoms with E-state index < -0.39 is 0 Å². The molecule has 1 heterocycles. The molecule has 0 spiro atoms. The third-order valence-electron chi connectivity index (χ3n) is 1.91. The van der Waals surface area contributed by atoms with Gasteiger partial charge in [0, 0.05) is 13.1 Å². The Bertz CT molecular complexity index is 211. The van der Waals surface area contributed by atoms with Gasteiger partial charge in [0.2, 0.25) is 0 Å². The monoisotopic (exact) mass is 209 g/mol. The van der Waals surface area contributed by atoms with E-state index in [-0.39, 0.29) is 0 Å². The quantitative estimate of drug-likeness (QED) is 0.663. The fourth-order valence-corrected chi connectivity index (χ4v) is 1.40. The minimum atomic E-state index is 1.04. The maximum absolute atomic E-state index is 3.79. The van der Waals surface area contributed by atoms with Crippen LogP contribution in [0.5, 0.6) is 0 Å². The summed E-state index contributed by atoms with van der Waals surface area (Å²) in [5.74, 6) is 0. The maximum atomic E-state index is 3.79. The predicted molar refractivity (Wildman–Crippen MR) is 72.2 cm³/mol. The van der Waals surface area contributed by atoms with Gasteiger partial charge in [0.1, 0.15) is 0 Å². The highest BCUT2D eigenvalue weighted by Crippen LogP contribution is 2.17. The zero-order chi connectivity index (χ0) is 12.3. The average molecular weight is 209 g/mol. The molecular weight excluding hydrogens is 182 g/mol. The Morgan fingerprint density at radius 2 is 1.53 bits per heavy atom. The number of allylic oxidation sites excluding steroid dienone is 1. The number of nitrogens with zero attached hydrogens (tertiary/aromatic N) is 1. The molecule has 0 N–H and O–H groups in total. The van der Waals surface area contributed by atoms with E-state index in [1.54, 1.807) is 0 Å². The molecule has 88 valence electrons. The van der Waals surface area contributed by atoms with Crippen LogP contribution in [0.15, 0.2) is 36.0 Å². The molecule has 0 radical (unpaired) electrons. The van der Waals surface area contributed by atoms with Gasteiger partial charge in [-0.15, -0.1) is 0 Å². The summed E-state index contributed by atoms with van der Waals surface area (Å²) in [6, 6.07) is 0. The van der Waals surface area contributed by atoms with Crippen LogP contribution in [0.25, 0.3) is 0 Å². The van der Waals surface area contributed by atoms with Crippen LogP contribution in [0, 0.1) is 0 Å². The molecule has 0 saturated carbocycles. The molecule has 1 aliphatic rings. The Kier molecular flexibility index (Phi) is 12.5. The molecule has 0 fully saturated rings. The summed E-state index contributed by atoms with van der Waals surface area (Å²) in [7, 11) is 2.12. The zero-order valence-electron chi connectivity index (χ0n) is 11.3. The molecule has 1 heteroatoms. The van der Waals surface area contributed by atoms with Crippen molar-refractivity contribution < 1.29 is 0 Å². The first-order valence-electron chi connectivity index (χ1n) is 5.93. The van der Waals surface area contributed by atoms with Gasteiger partial charge in [-0.1, -0.05) is 52.5 Å². The smallest absolute Gasteiger partial charge is 0.0237 e. The van der Waals surface area contributed by atoms with Crippen molar-refractivity contribution in [3.05, 3.63) is 36.0 Å². The fraction of sp³-hybridized carbons (Fsp3) is 0.571. The van der Waals surface area contributed by atoms with E-state index in [0.29, 0.717) is 0 Å². The van der Waals surface area contributed by atoms with Crippen LogP contribution < -0.4 is 0 Å². The van der Waals surface area contributed by atoms with Crippen LogP contribution in [-0.2, 0) is 0 Å². The third-order valence-corrected chi connectivity index (χ3v) is 1.91. The Hall–Kier alpha value is -0.820. The molecule has 0 atom stereocenters. The molecule has 0 amide bonds. The highest BCUT2D eigenvalue weighted by Gasteiger charge is 2.13. The summed E-state index contributed by atoms with van der Waals surface area (Å²) < 4.78 is 0. The first-order chi connectivity index (χ1) is 7.27. The Balaban J connectivity index is 0. The number of likely N-dealkylation sites (N-methyl/N-ethyl adjacent to an activating group) is 1. The van der Waals surface area contributed by atoms with Crippen LogP contribution in [0.4, 0.5) is 0 Å². The van der Waals surface area contributed by atoms with Crippen LogP contribution in [0.1, 0.15) is 34.6 Å². The lowest BCUT2D eigenvalue weighted by molar-refractivity contribution is 0.428. The van der Waals surface area contributed by atoms with E-state index in [4.69, 9.17) is 0 Å². The summed E-state index contributed by atoms with van der Waals surface area (Å²) in [5.41, 5.74) is 2.77. The molecule has 0 saturated heterocycles. The fourth-order valence-electron chi connectivity index (χ4n) is 1.40. The van der Waals surface area contributed by atoms with Gasteiger partial charge < -0.3 is 0 Å². The largest absolute Gasteiger partial charge is 0.298 e. The van der Waals surface area contributed by atoms with Gasteiger partial charge in [-0.2, -0.15) is 0 Å². The minimum absolute atomic E-state index is 1.04. The van der Waals surface area contributed by atoms with Crippen molar-refractivity contribution >= 4 is 0 Å². The first kappa shape index (κ1) is 16.6. The van der Waals surface area contributed by atoms with Gasteiger partial charge in [-0.3, -0.25) is 4.90 Å². The SMILES string of the molecule is C=CC1=C(/C=C\C)CN(C)C1.CC.CC. The van der Waals surface area contributed by atoms with Crippen LogP contribution in [0.3, 0.4) is 0 Å². The lowest BCUT2D eigenvalue weighted by Gasteiger charge is -2.04. The van der Waals surface area contributed by atoms with E-state index >= 15 is 0 Å². The summed E-state index contributed by atoms with van der Waals surface area (Å²) in [5, 5.41) is 0. The second-order valence-electron chi connectivity index (χ2n) is 2.93. The van der Waals surface area contributed by atoms with Gasteiger partial charge in [-0.05, 0) is 25.1 Å². The maximum Gasteiger partial charge on any atom is 0.0237 e.